The van der Waals surface area contributed by atoms with Crippen LogP contribution in [-0.2, 0) is 0 Å². The van der Waals surface area contributed by atoms with Crippen LogP contribution in [0.1, 0.15) is 5.56 Å². The van der Waals surface area contributed by atoms with Crippen LogP contribution in [-0.4, -0.2) is 4.57 Å². The van der Waals surface area contributed by atoms with Crippen molar-refractivity contribution in [3.8, 4) is 27.9 Å². The molecule has 2 heterocycles. The van der Waals surface area contributed by atoms with Gasteiger partial charge < -0.3 is 13.9 Å². The molecular weight excluding hydrogens is 657 g/mol. The molecular formula is C51H32N2O. The highest BCUT2D eigenvalue weighted by Gasteiger charge is 2.25. The Kier molecular flexibility index (Phi) is 5.98. The Bertz CT molecular complexity index is 3310. The van der Waals surface area contributed by atoms with E-state index in [1.54, 1.807) is 0 Å². The summed E-state index contributed by atoms with van der Waals surface area (Å²) in [4.78, 5) is 2.34. The zero-order chi connectivity index (χ0) is 35.5. The largest absolute Gasteiger partial charge is 0.454 e. The summed E-state index contributed by atoms with van der Waals surface area (Å²) in [5.41, 5.74) is 15.1. The van der Waals surface area contributed by atoms with Gasteiger partial charge in [-0.25, -0.2) is 0 Å². The molecule has 2 aromatic heterocycles. The first-order chi connectivity index (χ1) is 26.7. The van der Waals surface area contributed by atoms with Crippen molar-refractivity contribution < 1.29 is 4.42 Å². The van der Waals surface area contributed by atoms with E-state index in [-0.39, 0.29) is 0 Å². The maximum absolute atomic E-state index is 6.57. The molecule has 1 aliphatic rings. The lowest BCUT2D eigenvalue weighted by molar-refractivity contribution is 0.669. The van der Waals surface area contributed by atoms with Crippen molar-refractivity contribution in [3.63, 3.8) is 0 Å². The van der Waals surface area contributed by atoms with E-state index in [0.717, 1.165) is 39.0 Å². The van der Waals surface area contributed by atoms with Crippen LogP contribution >= 0.6 is 0 Å². The number of furan rings is 1. The van der Waals surface area contributed by atoms with Crippen LogP contribution in [0, 0.1) is 6.92 Å². The predicted molar refractivity (Wildman–Crippen MR) is 227 cm³/mol. The van der Waals surface area contributed by atoms with E-state index in [1.807, 2.05) is 6.07 Å². The van der Waals surface area contributed by atoms with Gasteiger partial charge in [0.25, 0.3) is 0 Å². The molecule has 0 atom stereocenters. The molecule has 252 valence electrons. The molecule has 0 unspecified atom stereocenters. The van der Waals surface area contributed by atoms with Gasteiger partial charge in [-0.05, 0) is 141 Å². The lowest BCUT2D eigenvalue weighted by atomic mass is 9.78. The summed E-state index contributed by atoms with van der Waals surface area (Å²) in [7, 11) is 0. The van der Waals surface area contributed by atoms with Crippen molar-refractivity contribution >= 4 is 82.4 Å². The second-order valence-corrected chi connectivity index (χ2v) is 14.7. The van der Waals surface area contributed by atoms with Crippen molar-refractivity contribution in [1.82, 2.24) is 4.57 Å². The molecule has 0 aliphatic heterocycles. The van der Waals surface area contributed by atoms with Gasteiger partial charge in [0.1, 0.15) is 5.58 Å². The molecule has 1 aliphatic carbocycles. The van der Waals surface area contributed by atoms with E-state index in [2.05, 4.69) is 186 Å². The fourth-order valence-electron chi connectivity index (χ4n) is 8.98. The first-order valence-electron chi connectivity index (χ1n) is 18.6. The molecule has 54 heavy (non-hydrogen) atoms. The van der Waals surface area contributed by atoms with E-state index in [9.17, 15) is 0 Å². The summed E-state index contributed by atoms with van der Waals surface area (Å²) in [6.45, 7) is 2.15. The monoisotopic (exact) mass is 688 g/mol. The van der Waals surface area contributed by atoms with Crippen molar-refractivity contribution in [2.45, 2.75) is 6.92 Å². The average molecular weight is 689 g/mol. The highest BCUT2D eigenvalue weighted by atomic mass is 16.3. The molecule has 0 radical (unpaired) electrons. The van der Waals surface area contributed by atoms with Crippen molar-refractivity contribution in [1.29, 1.82) is 0 Å². The minimum Gasteiger partial charge on any atom is -0.454 e. The van der Waals surface area contributed by atoms with Crippen molar-refractivity contribution in [2.24, 2.45) is 0 Å². The third kappa shape index (κ3) is 4.18. The Labute approximate surface area is 311 Å². The van der Waals surface area contributed by atoms with Crippen LogP contribution < -0.4 is 4.90 Å². The van der Waals surface area contributed by atoms with Gasteiger partial charge in [0.2, 0.25) is 0 Å². The summed E-state index contributed by atoms with van der Waals surface area (Å²) in [6, 6.07) is 64.2. The number of aromatic nitrogens is 1. The van der Waals surface area contributed by atoms with Crippen LogP contribution in [0.5, 0.6) is 0 Å². The number of aryl methyl sites for hydroxylation is 1. The Morgan fingerprint density at radius 3 is 1.72 bits per heavy atom. The summed E-state index contributed by atoms with van der Waals surface area (Å²) >= 11 is 0. The number of benzene rings is 9. The number of anilines is 3. The Morgan fingerprint density at radius 2 is 1.00 bits per heavy atom. The first kappa shape index (κ1) is 29.5. The topological polar surface area (TPSA) is 21.3 Å². The molecule has 12 rings (SSSR count). The molecule has 9 aromatic carbocycles. The second kappa shape index (κ2) is 11.0. The fraction of sp³-hybridized carbons (Fsp3) is 0.0196. The maximum atomic E-state index is 6.57. The van der Waals surface area contributed by atoms with E-state index in [1.165, 1.54) is 76.9 Å². The van der Waals surface area contributed by atoms with Gasteiger partial charge in [-0.1, -0.05) is 91.0 Å². The molecule has 0 N–H and O–H groups in total. The zero-order valence-corrected chi connectivity index (χ0v) is 29.5. The Hall–Kier alpha value is -7.10. The van der Waals surface area contributed by atoms with Gasteiger partial charge in [0, 0.05) is 38.6 Å². The maximum Gasteiger partial charge on any atom is 0.159 e. The molecule has 11 aromatic rings. The van der Waals surface area contributed by atoms with Crippen LogP contribution in [0.3, 0.4) is 0 Å². The van der Waals surface area contributed by atoms with Gasteiger partial charge in [0.15, 0.2) is 5.58 Å². The summed E-state index contributed by atoms with van der Waals surface area (Å²) in [5, 5.41) is 9.76. The summed E-state index contributed by atoms with van der Waals surface area (Å²) in [5.74, 6) is 0. The number of fused-ring (bicyclic) bond motifs is 12. The molecule has 0 fully saturated rings. The number of hydrogen-bond donors (Lipinski definition) is 0. The highest BCUT2D eigenvalue weighted by Crippen LogP contribution is 2.51. The standard InChI is InChI=1S/C51H32N2O/c1-31-10-8-11-36(24-31)52(49-18-9-15-42-41-14-4-7-19-50(41)54-51(42)49)37-22-20-32-27-43-45(29-34(32)25-37)44-28-33-21-23-38(26-35(33)30-46(43)44)53-47-16-5-2-12-39(47)40-13-3-6-17-48(40)53/h2-30H,1H3. The highest BCUT2D eigenvalue weighted by molar-refractivity contribution is 6.14. The quantitative estimate of drug-likeness (QED) is 0.184. The Morgan fingerprint density at radius 1 is 0.426 bits per heavy atom. The fourth-order valence-corrected chi connectivity index (χ4v) is 8.98. The van der Waals surface area contributed by atoms with Gasteiger partial charge in [-0.15, -0.1) is 0 Å². The lowest BCUT2D eigenvalue weighted by Crippen LogP contribution is -2.10. The lowest BCUT2D eigenvalue weighted by Gasteiger charge is -2.28. The van der Waals surface area contributed by atoms with E-state index in [4.69, 9.17) is 4.42 Å². The molecule has 3 heteroatoms. The smallest absolute Gasteiger partial charge is 0.159 e. The minimum absolute atomic E-state index is 0.888. The third-order valence-corrected chi connectivity index (χ3v) is 11.5. The van der Waals surface area contributed by atoms with Gasteiger partial charge in [-0.2, -0.15) is 0 Å². The van der Waals surface area contributed by atoms with E-state index in [0.29, 0.717) is 0 Å². The minimum atomic E-state index is 0.888. The van der Waals surface area contributed by atoms with Gasteiger partial charge in [-0.3, -0.25) is 0 Å². The molecule has 0 bridgehead atoms. The summed E-state index contributed by atoms with van der Waals surface area (Å²) < 4.78 is 8.97. The zero-order valence-electron chi connectivity index (χ0n) is 29.5. The van der Waals surface area contributed by atoms with Crippen LogP contribution in [0.4, 0.5) is 17.1 Å². The molecule has 0 saturated heterocycles. The van der Waals surface area contributed by atoms with Crippen molar-refractivity contribution in [3.05, 3.63) is 181 Å². The number of nitrogens with zero attached hydrogens (tertiary/aromatic N) is 2. The van der Waals surface area contributed by atoms with E-state index < -0.39 is 0 Å². The number of para-hydroxylation sites is 4. The SMILES string of the molecule is Cc1cccc(N(c2ccc3cc4c(cc3c2)-c2cc3ccc(-n5c6ccccc6c6ccccc65)cc3cc2-4)c2cccc3c2oc2ccccc23)c1. The molecule has 0 amide bonds. The molecule has 3 nitrogen and oxygen atoms in total. The van der Waals surface area contributed by atoms with Crippen molar-refractivity contribution in [2.75, 3.05) is 4.90 Å². The van der Waals surface area contributed by atoms with Gasteiger partial charge >= 0.3 is 0 Å². The number of rotatable bonds is 4. The second-order valence-electron chi connectivity index (χ2n) is 14.7. The molecule has 0 spiro atoms. The van der Waals surface area contributed by atoms with Gasteiger partial charge in [0.05, 0.1) is 16.7 Å². The third-order valence-electron chi connectivity index (χ3n) is 11.5. The van der Waals surface area contributed by atoms with Crippen LogP contribution in [0.15, 0.2) is 180 Å². The first-order valence-corrected chi connectivity index (χ1v) is 18.6. The number of hydrogen-bond acceptors (Lipinski definition) is 2. The summed E-state index contributed by atoms with van der Waals surface area (Å²) in [6.07, 6.45) is 0. The van der Waals surface area contributed by atoms with E-state index >= 15 is 0 Å². The average Bonchev–Trinajstić information content (AvgIpc) is 3.76. The normalized spacial score (nSPS) is 12.2. The van der Waals surface area contributed by atoms with Crippen LogP contribution in [0.25, 0.3) is 93.2 Å². The van der Waals surface area contributed by atoms with Crippen LogP contribution in [0.2, 0.25) is 0 Å². The predicted octanol–water partition coefficient (Wildman–Crippen LogP) is 14.4. The molecule has 0 saturated carbocycles. The Balaban J connectivity index is 0.979.